The number of hydrogen-bond donors (Lipinski definition) is 1. The van der Waals surface area contributed by atoms with Crippen LogP contribution in [-0.2, 0) is 4.79 Å². The summed E-state index contributed by atoms with van der Waals surface area (Å²) >= 11 is 0. The standard InChI is InChI=1S/C13H16FN3O/c1-3-6-16-13(18)9-17(2)12-5-4-10(8-15)7-11(12)14/h4-5,7H,3,6,9H2,1-2H3,(H,16,18). The van der Waals surface area contributed by atoms with Crippen LogP contribution in [0.1, 0.15) is 18.9 Å². The van der Waals surface area contributed by atoms with Gasteiger partial charge in [0.15, 0.2) is 0 Å². The Morgan fingerprint density at radius 2 is 2.28 bits per heavy atom. The minimum atomic E-state index is -0.500. The number of nitriles is 1. The highest BCUT2D eigenvalue weighted by molar-refractivity contribution is 5.81. The second kappa shape index (κ2) is 6.60. The molecule has 1 amide bonds. The number of nitrogens with zero attached hydrogens (tertiary/aromatic N) is 2. The Labute approximate surface area is 106 Å². The molecule has 0 saturated carbocycles. The van der Waals surface area contributed by atoms with E-state index in [1.165, 1.54) is 17.0 Å². The van der Waals surface area contributed by atoms with E-state index >= 15 is 0 Å². The summed E-state index contributed by atoms with van der Waals surface area (Å²) in [7, 11) is 1.63. The van der Waals surface area contributed by atoms with Crippen LogP contribution in [-0.4, -0.2) is 26.0 Å². The van der Waals surface area contributed by atoms with Gasteiger partial charge in [0.05, 0.1) is 23.9 Å². The van der Waals surface area contributed by atoms with Gasteiger partial charge in [0, 0.05) is 13.6 Å². The number of benzene rings is 1. The molecule has 96 valence electrons. The Bertz CT molecular complexity index is 468. The highest BCUT2D eigenvalue weighted by atomic mass is 19.1. The minimum absolute atomic E-state index is 0.0861. The molecule has 5 heteroatoms. The van der Waals surface area contributed by atoms with E-state index in [-0.39, 0.29) is 18.0 Å². The number of hydrogen-bond acceptors (Lipinski definition) is 3. The SMILES string of the molecule is CCCNC(=O)CN(C)c1ccc(C#N)cc1F. The summed E-state index contributed by atoms with van der Waals surface area (Å²) in [6.07, 6.45) is 0.862. The molecule has 1 aromatic rings. The molecule has 1 rings (SSSR count). The van der Waals surface area contributed by atoms with E-state index in [0.717, 1.165) is 12.5 Å². The number of amides is 1. The topological polar surface area (TPSA) is 56.1 Å². The molecule has 0 heterocycles. The normalized spacial score (nSPS) is 9.67. The Morgan fingerprint density at radius 3 is 2.83 bits per heavy atom. The highest BCUT2D eigenvalue weighted by Gasteiger charge is 2.11. The summed E-state index contributed by atoms with van der Waals surface area (Å²) in [6.45, 7) is 2.66. The third-order valence-electron chi connectivity index (χ3n) is 2.44. The van der Waals surface area contributed by atoms with Gasteiger partial charge in [-0.3, -0.25) is 4.79 Å². The molecule has 0 saturated heterocycles. The molecule has 0 fully saturated rings. The molecule has 0 unspecified atom stereocenters. The average molecular weight is 249 g/mol. The third-order valence-corrected chi connectivity index (χ3v) is 2.44. The molecule has 0 aliphatic heterocycles. The zero-order valence-electron chi connectivity index (χ0n) is 10.5. The maximum absolute atomic E-state index is 13.7. The fourth-order valence-electron chi connectivity index (χ4n) is 1.51. The van der Waals surface area contributed by atoms with Crippen molar-refractivity contribution in [1.82, 2.24) is 5.32 Å². The van der Waals surface area contributed by atoms with E-state index in [1.807, 2.05) is 13.0 Å². The van der Waals surface area contributed by atoms with Gasteiger partial charge in [0.1, 0.15) is 5.82 Å². The smallest absolute Gasteiger partial charge is 0.239 e. The first-order chi connectivity index (χ1) is 8.58. The van der Waals surface area contributed by atoms with Gasteiger partial charge in [-0.25, -0.2) is 4.39 Å². The monoisotopic (exact) mass is 249 g/mol. The molecule has 0 spiro atoms. The van der Waals surface area contributed by atoms with Crippen LogP contribution in [0.5, 0.6) is 0 Å². The Morgan fingerprint density at radius 1 is 1.56 bits per heavy atom. The van der Waals surface area contributed by atoms with Crippen LogP contribution in [0.3, 0.4) is 0 Å². The number of nitrogens with one attached hydrogen (secondary N) is 1. The van der Waals surface area contributed by atoms with Crippen molar-refractivity contribution in [3.63, 3.8) is 0 Å². The molecule has 18 heavy (non-hydrogen) atoms. The Kier molecular flexibility index (Phi) is 5.12. The molecular formula is C13H16FN3O. The minimum Gasteiger partial charge on any atom is -0.363 e. The lowest BCUT2D eigenvalue weighted by atomic mass is 10.2. The predicted molar refractivity (Wildman–Crippen MR) is 67.7 cm³/mol. The largest absolute Gasteiger partial charge is 0.363 e. The van der Waals surface area contributed by atoms with Crippen molar-refractivity contribution in [1.29, 1.82) is 5.26 Å². The van der Waals surface area contributed by atoms with E-state index < -0.39 is 5.82 Å². The summed E-state index contributed by atoms with van der Waals surface area (Å²) in [5.41, 5.74) is 0.570. The molecule has 4 nitrogen and oxygen atoms in total. The van der Waals surface area contributed by atoms with Gasteiger partial charge < -0.3 is 10.2 Å². The third kappa shape index (κ3) is 3.74. The summed E-state index contributed by atoms with van der Waals surface area (Å²) in [5, 5.41) is 11.4. The first-order valence-corrected chi connectivity index (χ1v) is 5.76. The maximum atomic E-state index is 13.7. The molecule has 0 aliphatic carbocycles. The van der Waals surface area contributed by atoms with Gasteiger partial charge in [-0.15, -0.1) is 0 Å². The lowest BCUT2D eigenvalue weighted by Crippen LogP contribution is -2.35. The Balaban J connectivity index is 2.70. The van der Waals surface area contributed by atoms with Crippen molar-refractivity contribution in [2.75, 3.05) is 25.0 Å². The molecule has 0 radical (unpaired) electrons. The van der Waals surface area contributed by atoms with Gasteiger partial charge >= 0.3 is 0 Å². The van der Waals surface area contributed by atoms with E-state index in [1.54, 1.807) is 7.05 Å². The van der Waals surface area contributed by atoms with Gasteiger partial charge in [-0.05, 0) is 24.6 Å². The van der Waals surface area contributed by atoms with Crippen LogP contribution in [0.15, 0.2) is 18.2 Å². The number of carbonyl (C=O) groups excluding carboxylic acids is 1. The molecule has 0 atom stereocenters. The van der Waals surface area contributed by atoms with Gasteiger partial charge in [0.2, 0.25) is 5.91 Å². The predicted octanol–water partition coefficient (Wildman–Crippen LogP) is 1.66. The van der Waals surface area contributed by atoms with Crippen LogP contribution < -0.4 is 10.2 Å². The van der Waals surface area contributed by atoms with Crippen molar-refractivity contribution in [2.24, 2.45) is 0 Å². The van der Waals surface area contributed by atoms with Crippen molar-refractivity contribution < 1.29 is 9.18 Å². The Hall–Kier alpha value is -2.09. The molecule has 0 aliphatic rings. The number of rotatable bonds is 5. The van der Waals surface area contributed by atoms with E-state index in [0.29, 0.717) is 12.2 Å². The van der Waals surface area contributed by atoms with Crippen molar-refractivity contribution in [3.05, 3.63) is 29.6 Å². The second-order valence-electron chi connectivity index (χ2n) is 3.98. The van der Waals surface area contributed by atoms with Crippen molar-refractivity contribution >= 4 is 11.6 Å². The van der Waals surface area contributed by atoms with Gasteiger partial charge in [-0.2, -0.15) is 5.26 Å². The first kappa shape index (κ1) is 14.0. The van der Waals surface area contributed by atoms with Crippen LogP contribution in [0.25, 0.3) is 0 Å². The van der Waals surface area contributed by atoms with Crippen LogP contribution >= 0.6 is 0 Å². The maximum Gasteiger partial charge on any atom is 0.239 e. The fraction of sp³-hybridized carbons (Fsp3) is 0.385. The van der Waals surface area contributed by atoms with Crippen LogP contribution in [0, 0.1) is 17.1 Å². The summed E-state index contributed by atoms with van der Waals surface area (Å²) in [5.74, 6) is -0.650. The van der Waals surface area contributed by atoms with Crippen molar-refractivity contribution in [2.45, 2.75) is 13.3 Å². The average Bonchev–Trinajstić information content (AvgIpc) is 2.35. The fourth-order valence-corrected chi connectivity index (χ4v) is 1.51. The van der Waals surface area contributed by atoms with E-state index in [2.05, 4.69) is 5.32 Å². The van der Waals surface area contributed by atoms with Crippen LogP contribution in [0.4, 0.5) is 10.1 Å². The van der Waals surface area contributed by atoms with Crippen LogP contribution in [0.2, 0.25) is 0 Å². The second-order valence-corrected chi connectivity index (χ2v) is 3.98. The molecule has 0 aromatic heterocycles. The molecular weight excluding hydrogens is 233 g/mol. The molecule has 1 N–H and O–H groups in total. The number of likely N-dealkylation sites (N-methyl/N-ethyl adjacent to an activating group) is 1. The summed E-state index contributed by atoms with van der Waals surface area (Å²) in [6, 6.07) is 6.05. The number of halogens is 1. The lowest BCUT2D eigenvalue weighted by molar-refractivity contribution is -0.119. The quantitative estimate of drug-likeness (QED) is 0.863. The van der Waals surface area contributed by atoms with Gasteiger partial charge in [-0.1, -0.05) is 6.92 Å². The highest BCUT2D eigenvalue weighted by Crippen LogP contribution is 2.18. The number of carbonyl (C=O) groups is 1. The van der Waals surface area contributed by atoms with E-state index in [9.17, 15) is 9.18 Å². The van der Waals surface area contributed by atoms with Crippen molar-refractivity contribution in [3.8, 4) is 6.07 Å². The zero-order chi connectivity index (χ0) is 13.5. The molecule has 0 bridgehead atoms. The number of anilines is 1. The van der Waals surface area contributed by atoms with E-state index in [4.69, 9.17) is 5.26 Å². The summed E-state index contributed by atoms with van der Waals surface area (Å²) < 4.78 is 13.7. The molecule has 1 aromatic carbocycles. The van der Waals surface area contributed by atoms with Gasteiger partial charge in [0.25, 0.3) is 0 Å². The zero-order valence-corrected chi connectivity index (χ0v) is 10.5. The lowest BCUT2D eigenvalue weighted by Gasteiger charge is -2.19. The summed E-state index contributed by atoms with van der Waals surface area (Å²) in [4.78, 5) is 13.0. The first-order valence-electron chi connectivity index (χ1n) is 5.76.